The molecule has 0 bridgehead atoms. The summed E-state index contributed by atoms with van der Waals surface area (Å²) in [6.07, 6.45) is 19.1. The molecule has 6 heterocycles. The van der Waals surface area contributed by atoms with Crippen LogP contribution >= 0.6 is 0 Å². The summed E-state index contributed by atoms with van der Waals surface area (Å²) in [4.78, 5) is 130. The predicted octanol–water partition coefficient (Wildman–Crippen LogP) is 9.66. The van der Waals surface area contributed by atoms with E-state index < -0.39 is 29.5 Å². The number of ether oxygens (including phenoxy) is 1. The first-order chi connectivity index (χ1) is 53.6. The third-order valence-electron chi connectivity index (χ3n) is 22.9. The fourth-order valence-corrected chi connectivity index (χ4v) is 16.1. The molecule has 6 aromatic rings. The van der Waals surface area contributed by atoms with Crippen molar-refractivity contribution in [2.75, 3.05) is 45.9 Å². The van der Waals surface area contributed by atoms with E-state index in [1.807, 2.05) is 92.1 Å². The number of hydroxylamine groups is 5. The number of carbonyl (C=O) groups excluding carboxylic acids is 10. The van der Waals surface area contributed by atoms with Crippen LogP contribution in [0.3, 0.4) is 0 Å². The highest BCUT2D eigenvalue weighted by Gasteiger charge is 2.47. The first-order valence-electron chi connectivity index (χ1n) is 38.6. The van der Waals surface area contributed by atoms with Crippen LogP contribution in [-0.2, 0) is 93.5 Å². The van der Waals surface area contributed by atoms with Gasteiger partial charge in [0.15, 0.2) is 0 Å². The summed E-state index contributed by atoms with van der Waals surface area (Å²) < 4.78 is 5.28. The van der Waals surface area contributed by atoms with Crippen molar-refractivity contribution in [3.63, 3.8) is 0 Å². The maximum atomic E-state index is 13.2. The van der Waals surface area contributed by atoms with E-state index in [1.54, 1.807) is 88.1 Å². The summed E-state index contributed by atoms with van der Waals surface area (Å²) in [7, 11) is 0. The zero-order valence-electron chi connectivity index (χ0n) is 63.4. The second-order valence-corrected chi connectivity index (χ2v) is 30.8. The molecule has 10 amide bonds. The number of amides is 10. The second kappa shape index (κ2) is 38.0. The van der Waals surface area contributed by atoms with Crippen molar-refractivity contribution < 1.29 is 78.7 Å². The molecule has 9 aliphatic rings. The third kappa shape index (κ3) is 20.6. The van der Waals surface area contributed by atoms with Crippen LogP contribution in [0, 0.1) is 29.1 Å². The molecule has 6 aromatic carbocycles. The zero-order chi connectivity index (χ0) is 78.9. The summed E-state index contributed by atoms with van der Waals surface area (Å²) in [6.45, 7) is 13.7. The Morgan fingerprint density at radius 2 is 0.820 bits per heavy atom. The van der Waals surface area contributed by atoms with Gasteiger partial charge < -0.3 is 29.2 Å². The van der Waals surface area contributed by atoms with Gasteiger partial charge in [0.05, 0.1) is 18.4 Å². The molecule has 1 saturated heterocycles. The lowest BCUT2D eigenvalue weighted by atomic mass is 9.86. The van der Waals surface area contributed by atoms with Gasteiger partial charge in [-0.05, 0) is 217 Å². The summed E-state index contributed by atoms with van der Waals surface area (Å²) in [6, 6.07) is 36.6. The molecule has 3 fully saturated rings. The normalized spacial score (nSPS) is 18.5. The minimum atomic E-state index is -0.518. The summed E-state index contributed by atoms with van der Waals surface area (Å²) in [5, 5.41) is 43.5. The van der Waals surface area contributed by atoms with Gasteiger partial charge in [0.1, 0.15) is 0 Å². The van der Waals surface area contributed by atoms with Crippen LogP contribution in [0.5, 0.6) is 0 Å². The van der Waals surface area contributed by atoms with E-state index in [4.69, 9.17) is 30.8 Å². The molecule has 10 N–H and O–H groups in total. The van der Waals surface area contributed by atoms with Crippen LogP contribution in [0.2, 0.25) is 0 Å². The molecule has 6 aliphatic heterocycles. The molecule has 15 rings (SSSR count). The van der Waals surface area contributed by atoms with Gasteiger partial charge in [-0.1, -0.05) is 106 Å². The predicted molar refractivity (Wildman–Crippen MR) is 407 cm³/mol. The molecule has 3 atom stereocenters. The van der Waals surface area contributed by atoms with Crippen molar-refractivity contribution in [1.82, 2.24) is 51.9 Å². The first-order valence-corrected chi connectivity index (χ1v) is 38.6. The highest BCUT2D eigenvalue weighted by Crippen LogP contribution is 2.47. The molecular weight excluding hydrogens is 1420 g/mol. The Hall–Kier alpha value is -10.5. The van der Waals surface area contributed by atoms with Gasteiger partial charge in [-0.25, -0.2) is 27.4 Å². The average Bonchev–Trinajstić information content (AvgIpc) is 1.69. The van der Waals surface area contributed by atoms with E-state index >= 15 is 0 Å². The minimum Gasteiger partial charge on any atom is -0.381 e. The van der Waals surface area contributed by atoms with Gasteiger partial charge in [0.25, 0.3) is 29.5 Å². The van der Waals surface area contributed by atoms with Crippen LogP contribution in [0.25, 0.3) is 0 Å². The maximum absolute atomic E-state index is 13.2. The van der Waals surface area contributed by atoms with Crippen molar-refractivity contribution >= 4 is 59.1 Å². The average molecular weight is 1520 g/mol. The highest BCUT2D eigenvalue weighted by atomic mass is 16.5. The van der Waals surface area contributed by atoms with E-state index in [2.05, 4.69) is 26.0 Å². The molecule has 3 aliphatic carbocycles. The van der Waals surface area contributed by atoms with Crippen molar-refractivity contribution in [3.05, 3.63) is 222 Å². The third-order valence-corrected chi connectivity index (χ3v) is 22.9. The van der Waals surface area contributed by atoms with Crippen LogP contribution in [-0.4, -0.2) is 156 Å². The van der Waals surface area contributed by atoms with Gasteiger partial charge in [-0.3, -0.25) is 74.0 Å². The topological polar surface area (TPSA) is 357 Å². The number of nitrogens with zero attached hydrogens (tertiary/aromatic N) is 5. The van der Waals surface area contributed by atoms with Crippen LogP contribution < -0.4 is 27.4 Å². The fourth-order valence-electron chi connectivity index (χ4n) is 16.1. The van der Waals surface area contributed by atoms with Gasteiger partial charge in [0.2, 0.25) is 29.5 Å². The monoisotopic (exact) mass is 1520 g/mol. The number of allylic oxidation sites excluding steroid dienone is 2. The summed E-state index contributed by atoms with van der Waals surface area (Å²) in [5.74, 6) is -0.739. The van der Waals surface area contributed by atoms with Gasteiger partial charge >= 0.3 is 0 Å². The Morgan fingerprint density at radius 1 is 0.441 bits per heavy atom. The Bertz CT molecular complexity index is 4430. The molecular formula is C85H102N10O16. The van der Waals surface area contributed by atoms with Gasteiger partial charge in [-0.15, -0.1) is 0 Å². The standard InChI is InChI=1S/C21H24N2O3.C17H22N2O3.C17H20N2O3.C15H18N2O4.C15H18N2O3/c1-14(2)19(15-6-4-3-5-7-15)21(25)23-11-10-16-12-17(20(24)22-26)8-9-18(16)13-23;20-16(9-12-3-1-2-4-12)19-8-7-13-10-14(17(21)18-22)5-6-15(13)11-19;20-16(18-22)14-6-7-15-11-19(9-8-13(15)10-14)17(21)12-4-2-1-3-5-12;18-14(16-20)11-1-2-12-8-17(5-3-10(12)7-11)15(19)13-4-6-21-9-13;1-15(5-6-15)14(19)17-7-4-10-8-11(13(18)16-20)2-3-12(10)9-17/h3-9,12,14,19,26H,10-11,13H2,1-2H3,(H,22,24);5-6,10,12,22H,1-4,7-9,11H2,(H,18,21);1-2,6-7,10,12,22H,3-5,8-9,11H2,(H,18,20);1-2,7,13,20H,3-6,8-9H2,(H,16,18);2-3,8,20H,4-7,9H2,1H3,(H,16,18). The van der Waals surface area contributed by atoms with E-state index in [9.17, 15) is 47.9 Å². The van der Waals surface area contributed by atoms with Gasteiger partial charge in [-0.2, -0.15) is 0 Å². The van der Waals surface area contributed by atoms with Crippen LogP contribution in [0.15, 0.2) is 133 Å². The highest BCUT2D eigenvalue weighted by molar-refractivity contribution is 5.96. The second-order valence-electron chi connectivity index (χ2n) is 30.8. The van der Waals surface area contributed by atoms with Gasteiger partial charge in [0, 0.05) is 118 Å². The lowest BCUT2D eigenvalue weighted by Crippen LogP contribution is -2.40. The van der Waals surface area contributed by atoms with Crippen LogP contribution in [0.1, 0.15) is 210 Å². The van der Waals surface area contributed by atoms with E-state index in [0.717, 1.165) is 125 Å². The van der Waals surface area contributed by atoms with E-state index in [-0.39, 0.29) is 58.6 Å². The molecule has 26 heteroatoms. The quantitative estimate of drug-likeness (QED) is 0.0292. The maximum Gasteiger partial charge on any atom is 0.274 e. The number of benzene rings is 6. The number of hydrogen-bond donors (Lipinski definition) is 10. The number of hydrogen-bond acceptors (Lipinski definition) is 16. The molecule has 0 spiro atoms. The Balaban J connectivity index is 0.000000138. The fraction of sp³-hybridized carbons (Fsp3) is 0.435. The van der Waals surface area contributed by atoms with E-state index in [0.29, 0.717) is 125 Å². The molecule has 588 valence electrons. The molecule has 111 heavy (non-hydrogen) atoms. The molecule has 0 radical (unpaired) electrons. The molecule has 26 nitrogen and oxygen atoms in total. The lowest BCUT2D eigenvalue weighted by Gasteiger charge is -2.33. The molecule has 2 saturated carbocycles. The van der Waals surface area contributed by atoms with Crippen molar-refractivity contribution in [2.45, 2.75) is 162 Å². The Kier molecular flexibility index (Phi) is 27.9. The number of fused-ring (bicyclic) bond motifs is 5. The van der Waals surface area contributed by atoms with Crippen LogP contribution in [0.4, 0.5) is 0 Å². The largest absolute Gasteiger partial charge is 0.381 e. The SMILES string of the molecule is CC(C)C(C(=O)N1CCc2cc(C(=O)NO)ccc2C1)c1ccccc1.CC1(C(=O)N2CCc3cc(C(=O)NO)ccc3C2)CC1.O=C(NO)c1ccc2c(c1)CCN(C(=O)C1CC=CCC1)C2.O=C(NO)c1ccc2c(c1)CCN(C(=O)C1CCOC1)C2.O=C(NO)c1ccc2c(c1)CCN(C(=O)CC1CCCC1)C2. The van der Waals surface area contributed by atoms with E-state index in [1.165, 1.54) is 25.7 Å². The summed E-state index contributed by atoms with van der Waals surface area (Å²) >= 11 is 0. The molecule has 0 aromatic heterocycles. The number of nitrogens with one attached hydrogen (secondary N) is 5. The van der Waals surface area contributed by atoms with Crippen molar-refractivity contribution in [2.24, 2.45) is 29.1 Å². The Morgan fingerprint density at radius 3 is 1.20 bits per heavy atom. The smallest absolute Gasteiger partial charge is 0.274 e. The molecule has 3 unspecified atom stereocenters. The van der Waals surface area contributed by atoms with Crippen molar-refractivity contribution in [3.8, 4) is 0 Å². The Labute approximate surface area is 646 Å². The number of rotatable bonds is 13. The summed E-state index contributed by atoms with van der Waals surface area (Å²) in [5.41, 5.74) is 22.1. The lowest BCUT2D eigenvalue weighted by molar-refractivity contribution is -0.137. The number of carbonyl (C=O) groups is 10. The minimum absolute atomic E-state index is 0.00834. The first kappa shape index (κ1) is 81.5. The zero-order valence-corrected chi connectivity index (χ0v) is 63.4. The van der Waals surface area contributed by atoms with Crippen molar-refractivity contribution in [1.29, 1.82) is 0 Å².